The highest BCUT2D eigenvalue weighted by Crippen LogP contribution is 2.67. The van der Waals surface area contributed by atoms with E-state index in [4.69, 9.17) is 5.73 Å². The fourth-order valence-electron chi connectivity index (χ4n) is 3.59. The number of carbonyl (C=O) groups is 1. The predicted octanol–water partition coefficient (Wildman–Crippen LogP) is 2.30. The summed E-state index contributed by atoms with van der Waals surface area (Å²) in [4.78, 5) is 12.0. The zero-order chi connectivity index (χ0) is 13.6. The van der Waals surface area contributed by atoms with E-state index in [1.807, 2.05) is 0 Å². The number of amides is 1. The van der Waals surface area contributed by atoms with Crippen molar-refractivity contribution in [1.29, 1.82) is 0 Å². The standard InChI is InChI=1S/C15H28N2O/c1-13(2)11(14(13,3)4)9-17-12(18)8-15(10-16)6-5-7-15/h11H,5-10,16H2,1-4H3,(H,17,18). The maximum absolute atomic E-state index is 12.0. The second-order valence-corrected chi connectivity index (χ2v) is 7.53. The van der Waals surface area contributed by atoms with Crippen LogP contribution in [0.5, 0.6) is 0 Å². The Bertz CT molecular complexity index is 323. The van der Waals surface area contributed by atoms with Crippen molar-refractivity contribution < 1.29 is 4.79 Å². The molecule has 0 aliphatic heterocycles. The molecule has 3 heteroatoms. The Kier molecular flexibility index (Phi) is 3.25. The van der Waals surface area contributed by atoms with Gasteiger partial charge in [-0.2, -0.15) is 0 Å². The molecule has 1 amide bonds. The van der Waals surface area contributed by atoms with Crippen LogP contribution in [0.25, 0.3) is 0 Å². The summed E-state index contributed by atoms with van der Waals surface area (Å²) in [6.07, 6.45) is 4.10. The van der Waals surface area contributed by atoms with Crippen molar-refractivity contribution in [2.45, 2.75) is 53.4 Å². The molecular formula is C15H28N2O. The Hall–Kier alpha value is -0.570. The molecule has 18 heavy (non-hydrogen) atoms. The molecule has 0 aromatic carbocycles. The SMILES string of the molecule is CC1(C)C(CNC(=O)CC2(CN)CCC2)C1(C)C. The van der Waals surface area contributed by atoms with E-state index in [0.717, 1.165) is 19.4 Å². The van der Waals surface area contributed by atoms with Gasteiger partial charge in [-0.1, -0.05) is 34.1 Å². The lowest BCUT2D eigenvalue weighted by molar-refractivity contribution is -0.124. The van der Waals surface area contributed by atoms with Gasteiger partial charge in [0.25, 0.3) is 0 Å². The maximum Gasteiger partial charge on any atom is 0.220 e. The first-order valence-electron chi connectivity index (χ1n) is 7.22. The van der Waals surface area contributed by atoms with Gasteiger partial charge < -0.3 is 11.1 Å². The molecule has 0 aromatic heterocycles. The Morgan fingerprint density at radius 3 is 2.11 bits per heavy atom. The number of carbonyl (C=O) groups excluding carboxylic acids is 1. The number of hydrogen-bond acceptors (Lipinski definition) is 2. The van der Waals surface area contributed by atoms with Crippen molar-refractivity contribution in [1.82, 2.24) is 5.32 Å². The third-order valence-electron chi connectivity index (χ3n) is 6.21. The molecule has 0 aromatic rings. The molecule has 2 saturated carbocycles. The van der Waals surface area contributed by atoms with E-state index in [9.17, 15) is 4.79 Å². The van der Waals surface area contributed by atoms with Crippen molar-refractivity contribution >= 4 is 5.91 Å². The average molecular weight is 252 g/mol. The van der Waals surface area contributed by atoms with Crippen LogP contribution in [0.4, 0.5) is 0 Å². The summed E-state index contributed by atoms with van der Waals surface area (Å²) in [5, 5.41) is 3.12. The van der Waals surface area contributed by atoms with Crippen LogP contribution in [0.15, 0.2) is 0 Å². The summed E-state index contributed by atoms with van der Waals surface area (Å²) in [5.41, 5.74) is 6.61. The molecule has 0 bridgehead atoms. The Labute approximate surface area is 111 Å². The molecular weight excluding hydrogens is 224 g/mol. The first kappa shape index (κ1) is 13.9. The fraction of sp³-hybridized carbons (Fsp3) is 0.933. The van der Waals surface area contributed by atoms with E-state index < -0.39 is 0 Å². The van der Waals surface area contributed by atoms with Crippen molar-refractivity contribution in [2.24, 2.45) is 27.9 Å². The highest BCUT2D eigenvalue weighted by Gasteiger charge is 2.64. The summed E-state index contributed by atoms with van der Waals surface area (Å²) in [5.74, 6) is 0.794. The number of nitrogens with one attached hydrogen (secondary N) is 1. The van der Waals surface area contributed by atoms with E-state index in [-0.39, 0.29) is 11.3 Å². The van der Waals surface area contributed by atoms with Crippen molar-refractivity contribution in [2.75, 3.05) is 13.1 Å². The molecule has 0 spiro atoms. The minimum absolute atomic E-state index is 0.124. The van der Waals surface area contributed by atoms with Crippen LogP contribution in [0, 0.1) is 22.2 Å². The molecule has 104 valence electrons. The molecule has 0 saturated heterocycles. The van der Waals surface area contributed by atoms with Gasteiger partial charge in [-0.25, -0.2) is 0 Å². The van der Waals surface area contributed by atoms with E-state index >= 15 is 0 Å². The fourth-order valence-corrected chi connectivity index (χ4v) is 3.59. The largest absolute Gasteiger partial charge is 0.356 e. The topological polar surface area (TPSA) is 55.1 Å². The second-order valence-electron chi connectivity index (χ2n) is 7.53. The lowest BCUT2D eigenvalue weighted by Gasteiger charge is -2.40. The second kappa shape index (κ2) is 4.22. The lowest BCUT2D eigenvalue weighted by atomic mass is 9.66. The third kappa shape index (κ3) is 2.07. The summed E-state index contributed by atoms with van der Waals surface area (Å²) in [6, 6.07) is 0. The van der Waals surface area contributed by atoms with Crippen LogP contribution < -0.4 is 11.1 Å². The quantitative estimate of drug-likeness (QED) is 0.789. The molecule has 3 N–H and O–H groups in total. The van der Waals surface area contributed by atoms with Gasteiger partial charge in [0.1, 0.15) is 0 Å². The van der Waals surface area contributed by atoms with Crippen molar-refractivity contribution in [3.8, 4) is 0 Å². The first-order valence-corrected chi connectivity index (χ1v) is 7.22. The Morgan fingerprint density at radius 1 is 1.22 bits per heavy atom. The van der Waals surface area contributed by atoms with Crippen molar-refractivity contribution in [3.63, 3.8) is 0 Å². The molecule has 2 rings (SSSR count). The van der Waals surface area contributed by atoms with Crippen LogP contribution in [-0.4, -0.2) is 19.0 Å². The molecule has 0 radical (unpaired) electrons. The van der Waals surface area contributed by atoms with Crippen LogP contribution in [0.3, 0.4) is 0 Å². The Balaban J connectivity index is 1.77. The zero-order valence-electron chi connectivity index (χ0n) is 12.3. The van der Waals surface area contributed by atoms with Gasteiger partial charge in [-0.05, 0) is 41.5 Å². The lowest BCUT2D eigenvalue weighted by Crippen LogP contribution is -2.42. The van der Waals surface area contributed by atoms with Gasteiger partial charge >= 0.3 is 0 Å². The summed E-state index contributed by atoms with van der Waals surface area (Å²) in [7, 11) is 0. The minimum Gasteiger partial charge on any atom is -0.356 e. The van der Waals surface area contributed by atoms with Gasteiger partial charge in [0, 0.05) is 13.0 Å². The van der Waals surface area contributed by atoms with Crippen LogP contribution in [-0.2, 0) is 4.79 Å². The molecule has 2 aliphatic carbocycles. The van der Waals surface area contributed by atoms with E-state index in [1.54, 1.807) is 0 Å². The molecule has 3 nitrogen and oxygen atoms in total. The third-order valence-corrected chi connectivity index (χ3v) is 6.21. The van der Waals surface area contributed by atoms with E-state index in [2.05, 4.69) is 33.0 Å². The molecule has 2 aliphatic rings. The van der Waals surface area contributed by atoms with Crippen molar-refractivity contribution in [3.05, 3.63) is 0 Å². The summed E-state index contributed by atoms with van der Waals surface area (Å²) >= 11 is 0. The molecule has 0 atom stereocenters. The van der Waals surface area contributed by atoms with Gasteiger partial charge in [-0.3, -0.25) is 4.79 Å². The van der Waals surface area contributed by atoms with Crippen LogP contribution in [0.1, 0.15) is 53.4 Å². The van der Waals surface area contributed by atoms with Gasteiger partial charge in [0.05, 0.1) is 0 Å². The van der Waals surface area contributed by atoms with Gasteiger partial charge in [0.15, 0.2) is 0 Å². The molecule has 0 heterocycles. The monoisotopic (exact) mass is 252 g/mol. The Morgan fingerprint density at radius 2 is 1.78 bits per heavy atom. The number of rotatable bonds is 5. The molecule has 0 unspecified atom stereocenters. The smallest absolute Gasteiger partial charge is 0.220 e. The summed E-state index contributed by atoms with van der Waals surface area (Å²) in [6.45, 7) is 10.6. The molecule has 2 fully saturated rings. The normalized spacial score (nSPS) is 27.4. The number of nitrogens with two attached hydrogens (primary N) is 1. The van der Waals surface area contributed by atoms with Crippen LogP contribution >= 0.6 is 0 Å². The number of hydrogen-bond donors (Lipinski definition) is 2. The highest BCUT2D eigenvalue weighted by molar-refractivity contribution is 5.77. The summed E-state index contributed by atoms with van der Waals surface area (Å²) < 4.78 is 0. The first-order chi connectivity index (χ1) is 8.25. The highest BCUT2D eigenvalue weighted by atomic mass is 16.1. The zero-order valence-corrected chi connectivity index (χ0v) is 12.3. The van der Waals surface area contributed by atoms with Gasteiger partial charge in [-0.15, -0.1) is 0 Å². The van der Waals surface area contributed by atoms with E-state index in [0.29, 0.717) is 29.7 Å². The minimum atomic E-state index is 0.124. The van der Waals surface area contributed by atoms with E-state index in [1.165, 1.54) is 6.42 Å². The average Bonchev–Trinajstić information content (AvgIpc) is 2.61. The maximum atomic E-state index is 12.0. The predicted molar refractivity (Wildman–Crippen MR) is 74.0 cm³/mol. The van der Waals surface area contributed by atoms with Gasteiger partial charge in [0.2, 0.25) is 5.91 Å². The van der Waals surface area contributed by atoms with Crippen LogP contribution in [0.2, 0.25) is 0 Å².